The van der Waals surface area contributed by atoms with Crippen molar-refractivity contribution in [2.24, 2.45) is 0 Å². The molecule has 2 aliphatic carbocycles. The Hall–Kier alpha value is -1.91. The van der Waals surface area contributed by atoms with Gasteiger partial charge in [0.25, 0.3) is 0 Å². The maximum Gasteiger partial charge on any atom is 0.223 e. The van der Waals surface area contributed by atoms with E-state index in [4.69, 9.17) is 4.98 Å². The number of H-pyrrole nitrogens is 1. The molecular weight excluding hydrogens is 250 g/mol. The van der Waals surface area contributed by atoms with Crippen LogP contribution in [0.5, 0.6) is 0 Å². The van der Waals surface area contributed by atoms with Crippen molar-refractivity contribution >= 4 is 5.95 Å². The lowest BCUT2D eigenvalue weighted by molar-refractivity contribution is 0.461. The van der Waals surface area contributed by atoms with Gasteiger partial charge in [-0.05, 0) is 31.2 Å². The van der Waals surface area contributed by atoms with E-state index in [0.717, 1.165) is 30.0 Å². The van der Waals surface area contributed by atoms with Crippen LogP contribution in [0.4, 0.5) is 5.95 Å². The largest absolute Gasteiger partial charge is 0.351 e. The minimum Gasteiger partial charge on any atom is -0.351 e. The number of fused-ring (bicyclic) bond motifs is 3. The predicted octanol–water partition coefficient (Wildman–Crippen LogP) is 2.71. The van der Waals surface area contributed by atoms with Gasteiger partial charge < -0.3 is 5.32 Å². The number of hydrogen-bond donors (Lipinski definition) is 2. The number of aryl methyl sites for hydroxylation is 2. The Morgan fingerprint density at radius 2 is 2.00 bits per heavy atom. The number of hydrogen-bond acceptors (Lipinski definition) is 4. The Bertz CT molecular complexity index is 612. The molecule has 0 amide bonds. The van der Waals surface area contributed by atoms with Gasteiger partial charge in [-0.3, -0.25) is 5.10 Å². The van der Waals surface area contributed by atoms with Gasteiger partial charge in [0.05, 0.1) is 11.9 Å². The molecule has 104 valence electrons. The van der Waals surface area contributed by atoms with E-state index in [2.05, 4.69) is 20.5 Å². The summed E-state index contributed by atoms with van der Waals surface area (Å²) in [6.45, 7) is 0. The monoisotopic (exact) mass is 269 g/mol. The zero-order valence-corrected chi connectivity index (χ0v) is 11.5. The summed E-state index contributed by atoms with van der Waals surface area (Å²) >= 11 is 0. The van der Waals surface area contributed by atoms with Gasteiger partial charge in [-0.2, -0.15) is 5.10 Å². The molecule has 0 aliphatic heterocycles. The maximum absolute atomic E-state index is 4.74. The topological polar surface area (TPSA) is 66.5 Å². The lowest BCUT2D eigenvalue weighted by atomic mass is 9.95. The van der Waals surface area contributed by atoms with Crippen molar-refractivity contribution in [1.82, 2.24) is 20.2 Å². The van der Waals surface area contributed by atoms with Gasteiger partial charge >= 0.3 is 0 Å². The minimum atomic E-state index is 0.536. The third-order valence-electron chi connectivity index (χ3n) is 4.42. The molecule has 5 nitrogen and oxygen atoms in total. The molecule has 2 aliphatic rings. The molecule has 0 bridgehead atoms. The third-order valence-corrected chi connectivity index (χ3v) is 4.42. The van der Waals surface area contributed by atoms with Gasteiger partial charge in [0.15, 0.2) is 0 Å². The summed E-state index contributed by atoms with van der Waals surface area (Å²) in [4.78, 5) is 9.23. The highest BCUT2D eigenvalue weighted by Gasteiger charge is 2.21. The van der Waals surface area contributed by atoms with E-state index >= 15 is 0 Å². The fourth-order valence-electron chi connectivity index (χ4n) is 3.29. The Balaban J connectivity index is 1.62. The van der Waals surface area contributed by atoms with E-state index < -0.39 is 0 Å². The van der Waals surface area contributed by atoms with Crippen LogP contribution in [-0.2, 0) is 12.8 Å². The summed E-state index contributed by atoms with van der Waals surface area (Å²) in [5.41, 5.74) is 4.61. The van der Waals surface area contributed by atoms with Crippen molar-refractivity contribution in [2.75, 3.05) is 5.32 Å². The van der Waals surface area contributed by atoms with E-state index in [1.807, 2.05) is 12.4 Å². The molecule has 1 fully saturated rings. The molecule has 0 unspecified atom stereocenters. The predicted molar refractivity (Wildman–Crippen MR) is 77.5 cm³/mol. The lowest BCUT2D eigenvalue weighted by Crippen LogP contribution is -2.23. The first-order valence-electron chi connectivity index (χ1n) is 7.55. The number of anilines is 1. The normalized spacial score (nSPS) is 18.4. The highest BCUT2D eigenvalue weighted by Crippen LogP contribution is 2.31. The van der Waals surface area contributed by atoms with Crippen LogP contribution in [0, 0.1) is 0 Å². The molecule has 0 radical (unpaired) electrons. The summed E-state index contributed by atoms with van der Waals surface area (Å²) < 4.78 is 0. The summed E-state index contributed by atoms with van der Waals surface area (Å²) in [5.74, 6) is 0.768. The molecule has 0 atom stereocenters. The number of aromatic amines is 1. The maximum atomic E-state index is 4.74. The Morgan fingerprint density at radius 3 is 2.90 bits per heavy atom. The second-order valence-electron chi connectivity index (χ2n) is 5.81. The van der Waals surface area contributed by atoms with Gasteiger partial charge in [0.1, 0.15) is 0 Å². The molecule has 0 saturated heterocycles. The van der Waals surface area contributed by atoms with Crippen LogP contribution in [0.2, 0.25) is 0 Å². The van der Waals surface area contributed by atoms with Gasteiger partial charge in [-0.15, -0.1) is 0 Å². The molecule has 5 heteroatoms. The zero-order chi connectivity index (χ0) is 13.4. The molecule has 2 aromatic heterocycles. The van der Waals surface area contributed by atoms with Gasteiger partial charge in [0.2, 0.25) is 5.95 Å². The van der Waals surface area contributed by atoms with Crippen LogP contribution < -0.4 is 5.32 Å². The van der Waals surface area contributed by atoms with Crippen LogP contribution in [0.25, 0.3) is 11.3 Å². The average Bonchev–Trinajstić information content (AvgIpc) is 2.97. The molecule has 2 heterocycles. The van der Waals surface area contributed by atoms with Crippen molar-refractivity contribution < 1.29 is 0 Å². The molecule has 0 spiro atoms. The quantitative estimate of drug-likeness (QED) is 0.879. The standard InChI is InChI=1S/C15H19N5/c1-2-4-11(5-3-1)18-15-16-8-10-6-7-13-12(9-17-20-13)14(10)19-15/h8-9,11H,1-7H2,(H,17,20)(H,16,18,19). The summed E-state index contributed by atoms with van der Waals surface area (Å²) in [6, 6.07) is 0.536. The van der Waals surface area contributed by atoms with Crippen LogP contribution in [0.3, 0.4) is 0 Å². The van der Waals surface area contributed by atoms with Crippen LogP contribution in [-0.4, -0.2) is 26.2 Å². The van der Waals surface area contributed by atoms with E-state index in [-0.39, 0.29) is 0 Å². The average molecular weight is 269 g/mol. The first-order chi connectivity index (χ1) is 9.90. The van der Waals surface area contributed by atoms with E-state index in [0.29, 0.717) is 6.04 Å². The number of nitrogens with zero attached hydrogens (tertiary/aromatic N) is 3. The molecule has 4 rings (SSSR count). The van der Waals surface area contributed by atoms with Crippen molar-refractivity contribution in [3.8, 4) is 11.3 Å². The Kier molecular flexibility index (Phi) is 2.90. The summed E-state index contributed by atoms with van der Waals surface area (Å²) in [5, 5.41) is 10.7. The van der Waals surface area contributed by atoms with Crippen LogP contribution in [0.1, 0.15) is 43.4 Å². The molecule has 2 N–H and O–H groups in total. The molecule has 0 aromatic carbocycles. The van der Waals surface area contributed by atoms with Gasteiger partial charge in [-0.1, -0.05) is 19.3 Å². The van der Waals surface area contributed by atoms with Crippen molar-refractivity contribution in [1.29, 1.82) is 0 Å². The Labute approximate surface area is 118 Å². The SMILES string of the molecule is c1nc(NC2CCCCC2)nc2c1CCc1[nH]ncc1-2. The third kappa shape index (κ3) is 2.07. The summed E-state index contributed by atoms with van der Waals surface area (Å²) in [7, 11) is 0. The molecule has 2 aromatic rings. The van der Waals surface area contributed by atoms with E-state index in [9.17, 15) is 0 Å². The highest BCUT2D eigenvalue weighted by atomic mass is 15.1. The second kappa shape index (κ2) is 4.89. The van der Waals surface area contributed by atoms with Gasteiger partial charge in [-0.25, -0.2) is 9.97 Å². The second-order valence-corrected chi connectivity index (χ2v) is 5.81. The first kappa shape index (κ1) is 11.9. The zero-order valence-electron chi connectivity index (χ0n) is 11.5. The number of aromatic nitrogens is 4. The van der Waals surface area contributed by atoms with E-state index in [1.54, 1.807) is 0 Å². The van der Waals surface area contributed by atoms with Crippen LogP contribution in [0.15, 0.2) is 12.4 Å². The fourth-order valence-corrected chi connectivity index (χ4v) is 3.29. The van der Waals surface area contributed by atoms with Crippen molar-refractivity contribution in [2.45, 2.75) is 51.0 Å². The number of rotatable bonds is 2. The molecule has 1 saturated carbocycles. The number of nitrogens with one attached hydrogen (secondary N) is 2. The van der Waals surface area contributed by atoms with Crippen molar-refractivity contribution in [3.05, 3.63) is 23.7 Å². The summed E-state index contributed by atoms with van der Waals surface area (Å²) in [6.07, 6.45) is 12.3. The van der Waals surface area contributed by atoms with E-state index in [1.165, 1.54) is 43.4 Å². The fraction of sp³-hybridized carbons (Fsp3) is 0.533. The van der Waals surface area contributed by atoms with Gasteiger partial charge in [0, 0.05) is 23.5 Å². The Morgan fingerprint density at radius 1 is 1.10 bits per heavy atom. The molecule has 20 heavy (non-hydrogen) atoms. The highest BCUT2D eigenvalue weighted by molar-refractivity contribution is 5.68. The first-order valence-corrected chi connectivity index (χ1v) is 7.55. The molecular formula is C15H19N5. The smallest absolute Gasteiger partial charge is 0.223 e. The minimum absolute atomic E-state index is 0.536. The lowest BCUT2D eigenvalue weighted by Gasteiger charge is -2.23. The van der Waals surface area contributed by atoms with Crippen molar-refractivity contribution in [3.63, 3.8) is 0 Å². The van der Waals surface area contributed by atoms with Crippen LogP contribution >= 0.6 is 0 Å².